The second-order valence-corrected chi connectivity index (χ2v) is 6.46. The Hall–Kier alpha value is -0.680. The molecule has 3 N–H and O–H groups in total. The van der Waals surface area contributed by atoms with Crippen LogP contribution in [-0.4, -0.2) is 40.1 Å². The number of aliphatic hydroxyl groups excluding tert-OH is 1. The van der Waals surface area contributed by atoms with Crippen LogP contribution in [0, 0.1) is 11.3 Å². The minimum atomic E-state index is -0.648. The lowest BCUT2D eigenvalue weighted by atomic mass is 9.72. The van der Waals surface area contributed by atoms with E-state index in [2.05, 4.69) is 6.92 Å². The first kappa shape index (κ1) is 14.7. The van der Waals surface area contributed by atoms with Crippen molar-refractivity contribution >= 4 is 23.1 Å². The molecule has 1 aliphatic heterocycles. The van der Waals surface area contributed by atoms with Gasteiger partial charge in [0.1, 0.15) is 0 Å². The van der Waals surface area contributed by atoms with E-state index in [0.29, 0.717) is 10.9 Å². The third-order valence-electron chi connectivity index (χ3n) is 4.92. The summed E-state index contributed by atoms with van der Waals surface area (Å²) in [4.78, 5) is 15.1. The molecule has 0 aromatic rings. The molecule has 1 saturated heterocycles. The number of hydrogen-bond acceptors (Lipinski definition) is 3. The quantitative estimate of drug-likeness (QED) is 0.770. The molecule has 1 saturated carbocycles. The zero-order valence-electron chi connectivity index (χ0n) is 11.6. The molecule has 0 aromatic carbocycles. The first-order chi connectivity index (χ1) is 9.03. The van der Waals surface area contributed by atoms with Gasteiger partial charge in [0.15, 0.2) is 0 Å². The fourth-order valence-electron chi connectivity index (χ4n) is 3.53. The summed E-state index contributed by atoms with van der Waals surface area (Å²) in [7, 11) is 0. The standard InChI is InChI=1S/C14H24N2O2S/c1-10-5-8-16(11(10)9-17)13(18)14(12(15)19)6-3-2-4-7-14/h10-11,17H,2-9H2,1H3,(H2,15,19). The molecule has 0 spiro atoms. The van der Waals surface area contributed by atoms with Crippen molar-refractivity contribution in [3.8, 4) is 0 Å². The highest BCUT2D eigenvalue weighted by atomic mass is 32.1. The number of thiocarbonyl (C=S) groups is 1. The maximum Gasteiger partial charge on any atom is 0.235 e. The number of likely N-dealkylation sites (tertiary alicyclic amines) is 1. The van der Waals surface area contributed by atoms with Gasteiger partial charge >= 0.3 is 0 Å². The van der Waals surface area contributed by atoms with Crippen LogP contribution in [0.5, 0.6) is 0 Å². The minimum Gasteiger partial charge on any atom is -0.394 e. The summed E-state index contributed by atoms with van der Waals surface area (Å²) in [5, 5.41) is 9.52. The van der Waals surface area contributed by atoms with E-state index in [1.54, 1.807) is 0 Å². The Balaban J connectivity index is 2.22. The average molecular weight is 284 g/mol. The Morgan fingerprint density at radius 1 is 1.42 bits per heavy atom. The van der Waals surface area contributed by atoms with Gasteiger partial charge in [0.05, 0.1) is 23.1 Å². The second-order valence-electron chi connectivity index (χ2n) is 6.02. The largest absolute Gasteiger partial charge is 0.394 e. The molecule has 0 bridgehead atoms. The molecule has 1 aliphatic carbocycles. The fraction of sp³-hybridized carbons (Fsp3) is 0.857. The van der Waals surface area contributed by atoms with E-state index in [1.165, 1.54) is 0 Å². The van der Waals surface area contributed by atoms with Crippen molar-refractivity contribution in [2.24, 2.45) is 17.1 Å². The van der Waals surface area contributed by atoms with E-state index in [9.17, 15) is 9.90 Å². The van der Waals surface area contributed by atoms with Crippen LogP contribution in [0.1, 0.15) is 45.4 Å². The van der Waals surface area contributed by atoms with E-state index in [0.717, 1.165) is 45.1 Å². The summed E-state index contributed by atoms with van der Waals surface area (Å²) < 4.78 is 0. The highest BCUT2D eigenvalue weighted by Crippen LogP contribution is 2.40. The number of nitrogens with two attached hydrogens (primary N) is 1. The van der Waals surface area contributed by atoms with Crippen LogP contribution in [0.25, 0.3) is 0 Å². The molecule has 19 heavy (non-hydrogen) atoms. The smallest absolute Gasteiger partial charge is 0.235 e. The number of hydrogen-bond donors (Lipinski definition) is 2. The van der Waals surface area contributed by atoms with Crippen LogP contribution < -0.4 is 5.73 Å². The van der Waals surface area contributed by atoms with Crippen molar-refractivity contribution in [2.75, 3.05) is 13.2 Å². The van der Waals surface area contributed by atoms with E-state index < -0.39 is 5.41 Å². The summed E-state index contributed by atoms with van der Waals surface area (Å²) >= 11 is 5.21. The monoisotopic (exact) mass is 284 g/mol. The molecule has 1 heterocycles. The zero-order valence-corrected chi connectivity index (χ0v) is 12.4. The molecule has 1 amide bonds. The van der Waals surface area contributed by atoms with Crippen LogP contribution in [0.2, 0.25) is 0 Å². The Bertz CT molecular complexity index is 366. The third-order valence-corrected chi connectivity index (χ3v) is 5.31. The van der Waals surface area contributed by atoms with Crippen LogP contribution in [0.15, 0.2) is 0 Å². The summed E-state index contributed by atoms with van der Waals surface area (Å²) in [6, 6.07) is -0.0688. The Labute approximate surface area is 120 Å². The number of rotatable bonds is 3. The second kappa shape index (κ2) is 5.75. The van der Waals surface area contributed by atoms with Gasteiger partial charge in [-0.2, -0.15) is 0 Å². The van der Waals surface area contributed by atoms with Gasteiger partial charge in [0, 0.05) is 6.54 Å². The van der Waals surface area contributed by atoms with Crippen LogP contribution in [-0.2, 0) is 4.79 Å². The minimum absolute atomic E-state index is 0.0281. The van der Waals surface area contributed by atoms with E-state index in [4.69, 9.17) is 18.0 Å². The van der Waals surface area contributed by atoms with Crippen molar-refractivity contribution in [3.63, 3.8) is 0 Å². The van der Waals surface area contributed by atoms with Crippen molar-refractivity contribution < 1.29 is 9.90 Å². The van der Waals surface area contributed by atoms with Crippen molar-refractivity contribution in [2.45, 2.75) is 51.5 Å². The Morgan fingerprint density at radius 2 is 2.05 bits per heavy atom. The molecule has 2 rings (SSSR count). The third kappa shape index (κ3) is 2.50. The molecule has 2 unspecified atom stereocenters. The average Bonchev–Trinajstić information content (AvgIpc) is 2.79. The summed E-state index contributed by atoms with van der Waals surface area (Å²) in [5.41, 5.74) is 5.27. The maximum absolute atomic E-state index is 12.9. The molecular formula is C14H24N2O2S. The van der Waals surface area contributed by atoms with Gasteiger partial charge in [0.2, 0.25) is 5.91 Å². The maximum atomic E-state index is 12.9. The van der Waals surface area contributed by atoms with Crippen molar-refractivity contribution in [1.82, 2.24) is 4.90 Å². The molecular weight excluding hydrogens is 260 g/mol. The fourth-order valence-corrected chi connectivity index (χ4v) is 3.83. The lowest BCUT2D eigenvalue weighted by Gasteiger charge is -2.39. The number of carbonyl (C=O) groups excluding carboxylic acids is 1. The lowest BCUT2D eigenvalue weighted by Crippen LogP contribution is -2.54. The number of aliphatic hydroxyl groups is 1. The number of amides is 1. The Kier molecular flexibility index (Phi) is 4.46. The van der Waals surface area contributed by atoms with E-state index in [1.807, 2.05) is 4.90 Å². The van der Waals surface area contributed by atoms with E-state index in [-0.39, 0.29) is 18.6 Å². The first-order valence-electron chi connectivity index (χ1n) is 7.25. The number of carbonyl (C=O) groups is 1. The van der Waals surface area contributed by atoms with Crippen molar-refractivity contribution in [1.29, 1.82) is 0 Å². The van der Waals surface area contributed by atoms with E-state index >= 15 is 0 Å². The predicted octanol–water partition coefficient (Wildman–Crippen LogP) is 1.45. The normalized spacial score (nSPS) is 30.3. The molecule has 2 fully saturated rings. The molecule has 2 atom stereocenters. The molecule has 0 aromatic heterocycles. The highest BCUT2D eigenvalue weighted by Gasteiger charge is 2.48. The van der Waals surface area contributed by atoms with Gasteiger partial charge in [-0.25, -0.2) is 0 Å². The zero-order chi connectivity index (χ0) is 14.0. The molecule has 5 heteroatoms. The Morgan fingerprint density at radius 3 is 2.58 bits per heavy atom. The van der Waals surface area contributed by atoms with Crippen LogP contribution in [0.4, 0.5) is 0 Å². The predicted molar refractivity (Wildman–Crippen MR) is 78.7 cm³/mol. The van der Waals surface area contributed by atoms with Gasteiger partial charge in [-0.05, 0) is 25.2 Å². The van der Waals surface area contributed by atoms with Gasteiger partial charge in [0.25, 0.3) is 0 Å². The topological polar surface area (TPSA) is 66.6 Å². The molecule has 108 valence electrons. The SMILES string of the molecule is CC1CCN(C(=O)C2(C(N)=S)CCCCC2)C1CO. The lowest BCUT2D eigenvalue weighted by molar-refractivity contribution is -0.141. The first-order valence-corrected chi connectivity index (χ1v) is 7.65. The number of nitrogens with zero attached hydrogens (tertiary/aromatic N) is 1. The summed E-state index contributed by atoms with van der Waals surface area (Å²) in [6.07, 6.45) is 5.66. The van der Waals surface area contributed by atoms with Crippen molar-refractivity contribution in [3.05, 3.63) is 0 Å². The highest BCUT2D eigenvalue weighted by molar-refractivity contribution is 7.80. The van der Waals surface area contributed by atoms with Gasteiger partial charge in [-0.1, -0.05) is 38.4 Å². The summed E-state index contributed by atoms with van der Waals surface area (Å²) in [5.74, 6) is 0.407. The molecule has 0 radical (unpaired) electrons. The van der Waals surface area contributed by atoms with Gasteiger partial charge < -0.3 is 15.7 Å². The van der Waals surface area contributed by atoms with Crippen LogP contribution >= 0.6 is 12.2 Å². The van der Waals surface area contributed by atoms with Gasteiger partial charge in [-0.15, -0.1) is 0 Å². The van der Waals surface area contributed by atoms with Gasteiger partial charge in [-0.3, -0.25) is 4.79 Å². The molecule has 2 aliphatic rings. The summed E-state index contributed by atoms with van der Waals surface area (Å²) in [6.45, 7) is 2.83. The molecule has 4 nitrogen and oxygen atoms in total. The van der Waals surface area contributed by atoms with Crippen LogP contribution in [0.3, 0.4) is 0 Å².